The molecule has 0 bridgehead atoms. The van der Waals surface area contributed by atoms with E-state index in [1.807, 2.05) is 6.92 Å². The minimum Gasteiger partial charge on any atom is -0.496 e. The van der Waals surface area contributed by atoms with Crippen molar-refractivity contribution in [1.82, 2.24) is 0 Å². The maximum Gasteiger partial charge on any atom is 0.336 e. The van der Waals surface area contributed by atoms with E-state index < -0.39 is 0 Å². The van der Waals surface area contributed by atoms with Crippen LogP contribution >= 0.6 is 0 Å². The molecule has 0 spiro atoms. The first-order valence-corrected chi connectivity index (χ1v) is 4.83. The van der Waals surface area contributed by atoms with E-state index in [0.29, 0.717) is 17.1 Å². The van der Waals surface area contributed by atoms with Gasteiger partial charge >= 0.3 is 5.63 Å². The largest absolute Gasteiger partial charge is 0.496 e. The molecule has 2 aromatic rings. The third-order valence-corrected chi connectivity index (χ3v) is 2.51. The molecular weight excluding hydrogens is 208 g/mol. The van der Waals surface area contributed by atoms with Gasteiger partial charge in [0.2, 0.25) is 0 Å². The van der Waals surface area contributed by atoms with Crippen LogP contribution in [0.2, 0.25) is 0 Å². The molecule has 4 heteroatoms. The number of ether oxygens (including phenoxy) is 2. The van der Waals surface area contributed by atoms with E-state index in [-0.39, 0.29) is 5.63 Å². The zero-order chi connectivity index (χ0) is 11.7. The molecule has 84 valence electrons. The van der Waals surface area contributed by atoms with Gasteiger partial charge in [-0.3, -0.25) is 0 Å². The zero-order valence-corrected chi connectivity index (χ0v) is 9.37. The molecule has 0 aliphatic heterocycles. The van der Waals surface area contributed by atoms with Crippen molar-refractivity contribution >= 4 is 11.0 Å². The summed E-state index contributed by atoms with van der Waals surface area (Å²) in [5.74, 6) is 1.26. The molecule has 1 heterocycles. The summed E-state index contributed by atoms with van der Waals surface area (Å²) in [6, 6.07) is 4.83. The molecule has 0 aliphatic carbocycles. The molecule has 1 aromatic carbocycles. The second kappa shape index (κ2) is 3.89. The highest BCUT2D eigenvalue weighted by Crippen LogP contribution is 2.34. The highest BCUT2D eigenvalue weighted by molar-refractivity contribution is 5.88. The number of hydrogen-bond donors (Lipinski definition) is 0. The normalized spacial score (nSPS) is 10.4. The molecule has 0 saturated carbocycles. The highest BCUT2D eigenvalue weighted by atomic mass is 16.5. The van der Waals surface area contributed by atoms with Gasteiger partial charge in [-0.2, -0.15) is 0 Å². The van der Waals surface area contributed by atoms with Crippen LogP contribution in [0.3, 0.4) is 0 Å². The smallest absolute Gasteiger partial charge is 0.336 e. The number of fused-ring (bicyclic) bond motifs is 1. The first kappa shape index (κ1) is 10.5. The fraction of sp³-hybridized carbons (Fsp3) is 0.250. The molecule has 0 atom stereocenters. The Morgan fingerprint density at radius 3 is 2.44 bits per heavy atom. The van der Waals surface area contributed by atoms with Gasteiger partial charge < -0.3 is 13.9 Å². The lowest BCUT2D eigenvalue weighted by Crippen LogP contribution is -1.98. The molecule has 0 radical (unpaired) electrons. The minimum atomic E-state index is -0.383. The summed E-state index contributed by atoms with van der Waals surface area (Å²) in [7, 11) is 3.13. The molecule has 0 amide bonds. The Labute approximate surface area is 92.4 Å². The van der Waals surface area contributed by atoms with Gasteiger partial charge in [0.1, 0.15) is 17.1 Å². The molecule has 0 unspecified atom stereocenters. The molecule has 2 rings (SSSR count). The van der Waals surface area contributed by atoms with Gasteiger partial charge in [-0.05, 0) is 13.0 Å². The van der Waals surface area contributed by atoms with E-state index in [0.717, 1.165) is 10.9 Å². The van der Waals surface area contributed by atoms with Gasteiger partial charge in [0.25, 0.3) is 0 Å². The third-order valence-electron chi connectivity index (χ3n) is 2.51. The number of rotatable bonds is 2. The summed E-state index contributed by atoms with van der Waals surface area (Å²) >= 11 is 0. The summed E-state index contributed by atoms with van der Waals surface area (Å²) in [5.41, 5.74) is 0.908. The Hall–Kier alpha value is -1.97. The van der Waals surface area contributed by atoms with E-state index in [4.69, 9.17) is 13.9 Å². The standard InChI is InChI=1S/C12H12O4/c1-7-9(14-2)6-10(15-3)8-4-5-11(13)16-12(7)8/h4-6H,1-3H3. The lowest BCUT2D eigenvalue weighted by atomic mass is 10.1. The van der Waals surface area contributed by atoms with Crippen LogP contribution in [0, 0.1) is 6.92 Å². The van der Waals surface area contributed by atoms with Crippen molar-refractivity contribution in [1.29, 1.82) is 0 Å². The lowest BCUT2D eigenvalue weighted by molar-refractivity contribution is 0.393. The van der Waals surface area contributed by atoms with E-state index >= 15 is 0 Å². The van der Waals surface area contributed by atoms with Crippen LogP contribution in [-0.4, -0.2) is 14.2 Å². The van der Waals surface area contributed by atoms with E-state index in [1.165, 1.54) is 6.07 Å². The van der Waals surface area contributed by atoms with Crippen molar-refractivity contribution in [2.75, 3.05) is 14.2 Å². The quantitative estimate of drug-likeness (QED) is 0.727. The van der Waals surface area contributed by atoms with Gasteiger partial charge in [-0.25, -0.2) is 4.79 Å². The van der Waals surface area contributed by atoms with Crippen molar-refractivity contribution < 1.29 is 13.9 Å². The van der Waals surface area contributed by atoms with Crippen LogP contribution in [-0.2, 0) is 0 Å². The number of methoxy groups -OCH3 is 2. The van der Waals surface area contributed by atoms with Crippen molar-refractivity contribution in [3.63, 3.8) is 0 Å². The SMILES string of the molecule is COc1cc(OC)c2ccc(=O)oc2c1C. The van der Waals surface area contributed by atoms with E-state index in [2.05, 4.69) is 0 Å². The van der Waals surface area contributed by atoms with Crippen LogP contribution in [0.15, 0.2) is 27.4 Å². The van der Waals surface area contributed by atoms with Gasteiger partial charge in [0.05, 0.1) is 19.6 Å². The monoisotopic (exact) mass is 220 g/mol. The van der Waals surface area contributed by atoms with E-state index in [1.54, 1.807) is 26.4 Å². The Morgan fingerprint density at radius 2 is 1.81 bits per heavy atom. The number of hydrogen-bond acceptors (Lipinski definition) is 4. The molecule has 0 saturated heterocycles. The molecule has 0 aliphatic rings. The Bertz CT molecular complexity index is 583. The topological polar surface area (TPSA) is 48.7 Å². The Kier molecular flexibility index (Phi) is 2.56. The predicted octanol–water partition coefficient (Wildman–Crippen LogP) is 2.12. The van der Waals surface area contributed by atoms with Crippen molar-refractivity contribution in [3.05, 3.63) is 34.2 Å². The average molecular weight is 220 g/mol. The number of benzene rings is 1. The summed E-state index contributed by atoms with van der Waals surface area (Å²) < 4.78 is 15.6. The van der Waals surface area contributed by atoms with Gasteiger partial charge in [-0.1, -0.05) is 0 Å². The Morgan fingerprint density at radius 1 is 1.12 bits per heavy atom. The molecule has 1 aromatic heterocycles. The Balaban J connectivity index is 2.91. The summed E-state index contributed by atoms with van der Waals surface area (Å²) in [6.07, 6.45) is 0. The average Bonchev–Trinajstić information content (AvgIpc) is 2.30. The number of aryl methyl sites for hydroxylation is 1. The third kappa shape index (κ3) is 1.52. The van der Waals surface area contributed by atoms with Crippen molar-refractivity contribution in [2.45, 2.75) is 6.92 Å². The summed E-state index contributed by atoms with van der Waals surface area (Å²) in [6.45, 7) is 1.84. The summed E-state index contributed by atoms with van der Waals surface area (Å²) in [4.78, 5) is 11.2. The fourth-order valence-electron chi connectivity index (χ4n) is 1.69. The molecular formula is C12H12O4. The maximum absolute atomic E-state index is 11.2. The van der Waals surface area contributed by atoms with Crippen LogP contribution in [0.4, 0.5) is 0 Å². The fourth-order valence-corrected chi connectivity index (χ4v) is 1.69. The van der Waals surface area contributed by atoms with Crippen LogP contribution in [0.5, 0.6) is 11.5 Å². The van der Waals surface area contributed by atoms with Gasteiger partial charge in [-0.15, -0.1) is 0 Å². The summed E-state index contributed by atoms with van der Waals surface area (Å²) in [5, 5.41) is 0.764. The second-order valence-electron chi connectivity index (χ2n) is 3.40. The van der Waals surface area contributed by atoms with Crippen molar-refractivity contribution in [2.24, 2.45) is 0 Å². The maximum atomic E-state index is 11.2. The van der Waals surface area contributed by atoms with Crippen molar-refractivity contribution in [3.8, 4) is 11.5 Å². The van der Waals surface area contributed by atoms with Crippen LogP contribution < -0.4 is 15.1 Å². The first-order valence-electron chi connectivity index (χ1n) is 4.83. The highest BCUT2D eigenvalue weighted by Gasteiger charge is 2.12. The van der Waals surface area contributed by atoms with Gasteiger partial charge in [0.15, 0.2) is 0 Å². The van der Waals surface area contributed by atoms with Crippen LogP contribution in [0.25, 0.3) is 11.0 Å². The minimum absolute atomic E-state index is 0.383. The second-order valence-corrected chi connectivity index (χ2v) is 3.40. The lowest BCUT2D eigenvalue weighted by Gasteiger charge is -2.10. The van der Waals surface area contributed by atoms with E-state index in [9.17, 15) is 4.79 Å². The molecule has 0 fully saturated rings. The molecule has 0 N–H and O–H groups in total. The van der Waals surface area contributed by atoms with Gasteiger partial charge in [0, 0.05) is 17.7 Å². The first-order chi connectivity index (χ1) is 7.67. The zero-order valence-electron chi connectivity index (χ0n) is 9.37. The molecule has 4 nitrogen and oxygen atoms in total. The predicted molar refractivity (Wildman–Crippen MR) is 60.3 cm³/mol. The molecule has 16 heavy (non-hydrogen) atoms. The van der Waals surface area contributed by atoms with Crippen LogP contribution in [0.1, 0.15) is 5.56 Å².